The predicted octanol–water partition coefficient (Wildman–Crippen LogP) is 4.88. The van der Waals surface area contributed by atoms with E-state index in [-0.39, 0.29) is 111 Å². The normalized spacial score (nSPS) is 9.52. The lowest BCUT2D eigenvalue weighted by molar-refractivity contribution is -0.385. The smallest absolute Gasteiger partial charge is 0.465 e. The van der Waals surface area contributed by atoms with Crippen LogP contribution in [0.5, 0.6) is 11.5 Å². The van der Waals surface area contributed by atoms with E-state index in [1.165, 1.54) is 48.5 Å². The number of nitro benzene ring substituents is 2. The van der Waals surface area contributed by atoms with E-state index in [1.807, 2.05) is 0 Å². The Morgan fingerprint density at radius 2 is 0.582 bits per heavy atom. The number of unbranched alkanes of at least 4 members (excludes halogenated alkanes) is 2. The number of nitro groups is 2. The Hall–Kier alpha value is -7.32. The zero-order valence-corrected chi connectivity index (χ0v) is 41.8. The zero-order valence-electron chi connectivity index (χ0n) is 41.8. The second-order valence-corrected chi connectivity index (χ2v) is 13.3. The molecule has 0 bridgehead atoms. The van der Waals surface area contributed by atoms with E-state index in [9.17, 15) is 58.6 Å². The van der Waals surface area contributed by atoms with Crippen LogP contribution in [-0.4, -0.2) is 206 Å². The Bertz CT molecular complexity index is 1570. The first-order valence-corrected chi connectivity index (χ1v) is 23.0. The molecule has 30 heteroatoms. The lowest BCUT2D eigenvalue weighted by atomic mass is 10.3. The van der Waals surface area contributed by atoms with Gasteiger partial charge in [-0.1, -0.05) is 22.3 Å². The van der Waals surface area contributed by atoms with E-state index in [4.69, 9.17) is 56.8 Å². The van der Waals surface area contributed by atoms with E-state index in [0.717, 1.165) is 25.4 Å². The molecule has 0 unspecified atom stereocenters. The number of carbonyl (C=O) groups excluding carboxylic acids is 8. The van der Waals surface area contributed by atoms with Crippen molar-refractivity contribution in [3.8, 4) is 11.5 Å². The summed E-state index contributed by atoms with van der Waals surface area (Å²) in [6.45, 7) is 8.28. The van der Waals surface area contributed by atoms with E-state index in [1.54, 1.807) is 0 Å². The molecule has 30 nitrogen and oxygen atoms in total. The maximum absolute atomic E-state index is 11.5. The number of carbonyl (C=O) groups is 8. The molecule has 452 valence electrons. The Morgan fingerprint density at radius 1 is 0.354 bits per heavy atom. The van der Waals surface area contributed by atoms with Crippen molar-refractivity contribution in [2.24, 2.45) is 0 Å². The first kappa shape index (κ1) is 80.5. The molecule has 0 aromatic heterocycles. The third-order valence-electron chi connectivity index (χ3n) is 7.76. The van der Waals surface area contributed by atoms with Gasteiger partial charge in [-0.15, -0.1) is 0 Å². The van der Waals surface area contributed by atoms with Gasteiger partial charge in [-0.25, -0.2) is 9.59 Å². The fourth-order valence-electron chi connectivity index (χ4n) is 4.34. The van der Waals surface area contributed by atoms with Gasteiger partial charge in [-0.3, -0.25) is 39.4 Å². The van der Waals surface area contributed by atoms with Crippen molar-refractivity contribution in [3.05, 3.63) is 68.8 Å². The van der Waals surface area contributed by atoms with Gasteiger partial charge >= 0.3 is 12.3 Å². The topological polar surface area (TPSA) is 371 Å². The van der Waals surface area contributed by atoms with Crippen LogP contribution in [0.25, 0.3) is 0 Å². The van der Waals surface area contributed by atoms with Crippen LogP contribution < -0.4 is 9.47 Å². The third-order valence-corrected chi connectivity index (χ3v) is 7.76. The quantitative estimate of drug-likeness (QED) is 0.0162. The number of hydrogen-bond donors (Lipinski definition) is 0. The van der Waals surface area contributed by atoms with Crippen molar-refractivity contribution in [3.63, 3.8) is 0 Å². The Labute approximate surface area is 458 Å². The number of rotatable bonds is 46. The van der Waals surface area contributed by atoms with Crippen molar-refractivity contribution in [1.82, 2.24) is 0 Å². The minimum Gasteiger partial charge on any atom is -0.465 e. The number of hydrogen-bond acceptors (Lipinski definition) is 28. The van der Waals surface area contributed by atoms with Crippen LogP contribution in [0.1, 0.15) is 48.0 Å². The van der Waals surface area contributed by atoms with Crippen LogP contribution in [0.2, 0.25) is 0 Å². The molecule has 0 atom stereocenters. The predicted molar refractivity (Wildman–Crippen MR) is 276 cm³/mol. The highest BCUT2D eigenvalue weighted by molar-refractivity contribution is 5.64. The molecule has 0 saturated carbocycles. The summed E-state index contributed by atoms with van der Waals surface area (Å²) in [4.78, 5) is 102. The Morgan fingerprint density at radius 3 is 0.810 bits per heavy atom. The first-order valence-electron chi connectivity index (χ1n) is 23.0. The molecule has 0 N–H and O–H groups in total. The van der Waals surface area contributed by atoms with Gasteiger partial charge in [0.25, 0.3) is 37.3 Å². The zero-order chi connectivity index (χ0) is 56.2. The molecule has 0 saturated heterocycles. The maximum Gasteiger partial charge on any atom is 0.513 e. The van der Waals surface area contributed by atoms with Crippen molar-refractivity contribution in [2.75, 3.05) is 145 Å². The third kappa shape index (κ3) is 59.8. The minimum absolute atomic E-state index is 0. The molecule has 0 aliphatic carbocycles. The lowest BCUT2D eigenvalue weighted by Gasteiger charge is -2.08. The number of non-ortho nitro benzene ring substituents is 2. The van der Waals surface area contributed by atoms with Crippen molar-refractivity contribution >= 4 is 62.1 Å². The molecule has 0 radical (unpaired) electrons. The van der Waals surface area contributed by atoms with Crippen molar-refractivity contribution < 1.29 is 124 Å². The molecule has 0 aliphatic heterocycles. The molecule has 2 aromatic carbocycles. The molecule has 0 fully saturated rings. The molecular weight excluding hydrogens is 1060 g/mol. The van der Waals surface area contributed by atoms with Crippen LogP contribution in [0.15, 0.2) is 48.5 Å². The van der Waals surface area contributed by atoms with Gasteiger partial charge in [0, 0.05) is 50.3 Å². The molecule has 2 rings (SSSR count). The minimum atomic E-state index is -0.980. The Kier molecular flexibility index (Phi) is 66.2. The van der Waals surface area contributed by atoms with Crippen LogP contribution in [0.3, 0.4) is 0 Å². The van der Waals surface area contributed by atoms with Crippen molar-refractivity contribution in [2.45, 2.75) is 48.0 Å². The highest BCUT2D eigenvalue weighted by atomic mass is 16.7. The van der Waals surface area contributed by atoms with Gasteiger partial charge in [-0.05, 0) is 37.1 Å². The van der Waals surface area contributed by atoms with E-state index in [2.05, 4.69) is 18.9 Å². The summed E-state index contributed by atoms with van der Waals surface area (Å²) < 4.78 is 77.7. The monoisotopic (exact) mass is 1140 g/mol. The van der Waals surface area contributed by atoms with Gasteiger partial charge in [0.1, 0.15) is 63.7 Å². The van der Waals surface area contributed by atoms with Gasteiger partial charge in [-0.2, -0.15) is 0 Å². The van der Waals surface area contributed by atoms with Crippen LogP contribution in [0, 0.1) is 20.2 Å². The standard InChI is InChI=1S/C20H20N2O12.C10H18O4.2C8H14O6.3CH4/c23-19(33-17-5-1-15(2-6-17)21(25)26)31-13-11-29-9-10-30-12-14-32-20(24)34-18-7-3-16(4-8-18)22(27)28;11-5-1-3-7-13-9-10-14-8-4-2-6-12;2*9-7-13-5-3-11-1-2-12-4-6-14-8-10;;;/h1-8H,9-14H2;5-6H,1-4,7-10H2;2*7-8H,1-6H2;3*1H4. The average Bonchev–Trinajstić information content (AvgIpc) is 3.41. The molecule has 0 aliphatic rings. The summed E-state index contributed by atoms with van der Waals surface area (Å²) >= 11 is 0. The first-order chi connectivity index (χ1) is 37.1. The lowest BCUT2D eigenvalue weighted by Crippen LogP contribution is -2.17. The number of benzene rings is 2. The summed E-state index contributed by atoms with van der Waals surface area (Å²) in [5, 5.41) is 21.1. The summed E-state index contributed by atoms with van der Waals surface area (Å²) in [5.74, 6) is 0.201. The molecule has 0 heterocycles. The van der Waals surface area contributed by atoms with Crippen LogP contribution in [-0.2, 0) is 95.1 Å². The van der Waals surface area contributed by atoms with Gasteiger partial charge < -0.3 is 85.4 Å². The Balaban J connectivity index is -0.000000340. The summed E-state index contributed by atoms with van der Waals surface area (Å²) in [6, 6.07) is 9.85. The summed E-state index contributed by atoms with van der Waals surface area (Å²) in [5.41, 5.74) is -0.268. The van der Waals surface area contributed by atoms with E-state index >= 15 is 0 Å². The molecule has 79 heavy (non-hydrogen) atoms. The van der Waals surface area contributed by atoms with Gasteiger partial charge in [0.15, 0.2) is 0 Å². The number of aldehydes is 2. The number of nitrogens with zero attached hydrogens (tertiary/aromatic N) is 2. The molecule has 0 amide bonds. The number of ether oxygens (including phenoxy) is 16. The second kappa shape index (κ2) is 65.0. The summed E-state index contributed by atoms with van der Waals surface area (Å²) in [6.07, 6.45) is 2.47. The van der Waals surface area contributed by atoms with E-state index in [0.29, 0.717) is 118 Å². The second-order valence-electron chi connectivity index (χ2n) is 13.3. The highest BCUT2D eigenvalue weighted by Crippen LogP contribution is 2.18. The van der Waals surface area contributed by atoms with Crippen LogP contribution >= 0.6 is 0 Å². The maximum atomic E-state index is 11.5. The fourth-order valence-corrected chi connectivity index (χ4v) is 4.34. The molecule has 0 spiro atoms. The highest BCUT2D eigenvalue weighted by Gasteiger charge is 2.11. The van der Waals surface area contributed by atoms with Gasteiger partial charge in [0.2, 0.25) is 0 Å². The van der Waals surface area contributed by atoms with Crippen LogP contribution in [0.4, 0.5) is 21.0 Å². The van der Waals surface area contributed by atoms with Gasteiger partial charge in [0.05, 0.1) is 102 Å². The molecule has 2 aromatic rings. The summed E-state index contributed by atoms with van der Waals surface area (Å²) in [7, 11) is 0. The van der Waals surface area contributed by atoms with Crippen molar-refractivity contribution in [1.29, 1.82) is 0 Å². The van der Waals surface area contributed by atoms with E-state index < -0.39 is 22.2 Å². The SMILES string of the molecule is C.C.C.O=C(OCCOCCOCCOC(=O)Oc1ccc([N+](=O)[O-])cc1)Oc1ccc([N+](=O)[O-])cc1.O=CCCCOCCOCCCC=O.O=COCCOCCOCCOC=O.O=COCCOCCOCCOC=O. The fraction of sp³-hybridized carbons (Fsp3) is 0.592. The largest absolute Gasteiger partial charge is 0.513 e. The molecular formula is C49H78N2O28. The average molecular weight is 1140 g/mol.